The molecule has 2 aromatic carbocycles. The van der Waals surface area contributed by atoms with Crippen LogP contribution < -0.4 is 0 Å². The van der Waals surface area contributed by atoms with Crippen LogP contribution in [0.4, 0.5) is 4.79 Å². The molecule has 31 heavy (non-hydrogen) atoms. The Bertz CT molecular complexity index is 838. The lowest BCUT2D eigenvalue weighted by molar-refractivity contribution is -0.0638. The summed E-state index contributed by atoms with van der Waals surface area (Å²) in [5.41, 5.74) is 1.12. The molecule has 0 bridgehead atoms. The van der Waals surface area contributed by atoms with Crippen molar-refractivity contribution in [3.63, 3.8) is 0 Å². The molecule has 1 aliphatic rings. The molecule has 0 saturated carbocycles. The molecule has 0 radical (unpaired) electrons. The maximum atomic E-state index is 13.1. The van der Waals surface area contributed by atoms with Crippen molar-refractivity contribution in [1.29, 1.82) is 0 Å². The first kappa shape index (κ1) is 23.3. The van der Waals surface area contributed by atoms with E-state index in [1.165, 1.54) is 0 Å². The summed E-state index contributed by atoms with van der Waals surface area (Å²) < 4.78 is 5.68. The Balaban J connectivity index is 1.93. The van der Waals surface area contributed by atoms with E-state index in [4.69, 9.17) is 4.74 Å². The molecule has 1 fully saturated rings. The molecule has 168 valence electrons. The number of amides is 1. The Morgan fingerprint density at radius 3 is 2.10 bits per heavy atom. The minimum Gasteiger partial charge on any atom is -0.444 e. The number of hydrogen-bond acceptors (Lipinski definition) is 5. The van der Waals surface area contributed by atoms with Crippen molar-refractivity contribution in [3.05, 3.63) is 71.8 Å². The summed E-state index contributed by atoms with van der Waals surface area (Å²) in [6.07, 6.45) is -1.31. The van der Waals surface area contributed by atoms with Gasteiger partial charge in [-0.3, -0.25) is 9.80 Å². The normalized spacial score (nSPS) is 22.1. The Morgan fingerprint density at radius 1 is 1.03 bits per heavy atom. The predicted molar refractivity (Wildman–Crippen MR) is 121 cm³/mol. The summed E-state index contributed by atoms with van der Waals surface area (Å²) in [5.74, 6) is 0. The second kappa shape index (κ2) is 9.81. The van der Waals surface area contributed by atoms with Crippen LogP contribution in [0.1, 0.15) is 51.0 Å². The van der Waals surface area contributed by atoms with Crippen molar-refractivity contribution in [3.8, 4) is 0 Å². The number of nitrogens with zero attached hydrogens (tertiary/aromatic N) is 2. The zero-order valence-electron chi connectivity index (χ0n) is 18.8. The van der Waals surface area contributed by atoms with Crippen molar-refractivity contribution in [2.24, 2.45) is 0 Å². The van der Waals surface area contributed by atoms with E-state index in [2.05, 4.69) is 4.90 Å². The number of piperazine rings is 1. The van der Waals surface area contributed by atoms with Gasteiger partial charge in [-0.2, -0.15) is 0 Å². The van der Waals surface area contributed by atoms with Crippen LogP contribution in [0.2, 0.25) is 0 Å². The number of carbonyl (C=O) groups is 1. The number of ether oxygens (including phenoxy) is 1. The number of aliphatic hydroxyl groups is 2. The topological polar surface area (TPSA) is 73.2 Å². The summed E-state index contributed by atoms with van der Waals surface area (Å²) in [6.45, 7) is 8.41. The molecular weight excluding hydrogens is 392 g/mol. The quantitative estimate of drug-likeness (QED) is 0.762. The van der Waals surface area contributed by atoms with E-state index in [9.17, 15) is 15.0 Å². The summed E-state index contributed by atoms with van der Waals surface area (Å²) in [4.78, 5) is 16.9. The molecule has 6 nitrogen and oxygen atoms in total. The average molecular weight is 427 g/mol. The van der Waals surface area contributed by atoms with E-state index >= 15 is 0 Å². The van der Waals surface area contributed by atoms with Gasteiger partial charge in [0.1, 0.15) is 11.7 Å². The molecule has 2 aromatic rings. The fourth-order valence-electron chi connectivity index (χ4n) is 4.27. The van der Waals surface area contributed by atoms with Crippen LogP contribution in [0.5, 0.6) is 0 Å². The molecule has 0 aromatic heterocycles. The zero-order chi connectivity index (χ0) is 22.6. The van der Waals surface area contributed by atoms with E-state index in [0.717, 1.165) is 11.1 Å². The van der Waals surface area contributed by atoms with Gasteiger partial charge in [0.2, 0.25) is 0 Å². The minimum absolute atomic E-state index is 0.0443. The largest absolute Gasteiger partial charge is 0.444 e. The van der Waals surface area contributed by atoms with Crippen molar-refractivity contribution < 1.29 is 19.7 Å². The van der Waals surface area contributed by atoms with Gasteiger partial charge in [-0.1, -0.05) is 60.7 Å². The second-order valence-electron chi connectivity index (χ2n) is 9.22. The number of carbonyl (C=O) groups excluding carboxylic acids is 1. The highest BCUT2D eigenvalue weighted by Crippen LogP contribution is 2.32. The first-order valence-corrected chi connectivity index (χ1v) is 10.9. The van der Waals surface area contributed by atoms with Crippen LogP contribution in [0.25, 0.3) is 0 Å². The number of hydrogen-bond donors (Lipinski definition) is 2. The van der Waals surface area contributed by atoms with Crippen LogP contribution >= 0.6 is 0 Å². The van der Waals surface area contributed by atoms with Gasteiger partial charge in [-0.15, -0.1) is 0 Å². The summed E-state index contributed by atoms with van der Waals surface area (Å²) in [5, 5.41) is 21.5. The van der Waals surface area contributed by atoms with Gasteiger partial charge in [-0.25, -0.2) is 4.79 Å². The Morgan fingerprint density at radius 2 is 1.58 bits per heavy atom. The van der Waals surface area contributed by atoms with Crippen LogP contribution in [0.3, 0.4) is 0 Å². The van der Waals surface area contributed by atoms with Gasteiger partial charge >= 0.3 is 6.09 Å². The lowest BCUT2D eigenvalue weighted by Crippen LogP contribution is -2.62. The van der Waals surface area contributed by atoms with Gasteiger partial charge in [0.15, 0.2) is 0 Å². The molecule has 1 heterocycles. The lowest BCUT2D eigenvalue weighted by atomic mass is 9.94. The molecule has 0 unspecified atom stereocenters. The van der Waals surface area contributed by atoms with Crippen LogP contribution in [-0.2, 0) is 4.74 Å². The zero-order valence-corrected chi connectivity index (χ0v) is 18.8. The van der Waals surface area contributed by atoms with Crippen molar-refractivity contribution >= 4 is 6.09 Å². The Labute approximate surface area is 185 Å². The van der Waals surface area contributed by atoms with Gasteiger partial charge in [0.25, 0.3) is 0 Å². The van der Waals surface area contributed by atoms with E-state index in [1.54, 1.807) is 4.90 Å². The SMILES string of the molecule is C[C@@H]1CN([C@@H](CO)c2ccccc2)C[C@@H]([C@H](O)c2ccccc2)N1C(=O)OC(C)(C)C. The fraction of sp³-hybridized carbons (Fsp3) is 0.480. The third-order valence-corrected chi connectivity index (χ3v) is 5.66. The molecule has 1 aliphatic heterocycles. The third kappa shape index (κ3) is 5.64. The minimum atomic E-state index is -0.880. The third-order valence-electron chi connectivity index (χ3n) is 5.66. The average Bonchev–Trinajstić information content (AvgIpc) is 2.73. The molecule has 1 saturated heterocycles. The summed E-state index contributed by atoms with van der Waals surface area (Å²) in [7, 11) is 0. The first-order valence-electron chi connectivity index (χ1n) is 10.9. The van der Waals surface area contributed by atoms with E-state index in [0.29, 0.717) is 13.1 Å². The van der Waals surface area contributed by atoms with E-state index in [1.807, 2.05) is 88.4 Å². The maximum Gasteiger partial charge on any atom is 0.410 e. The molecular formula is C25H34N2O4. The van der Waals surface area contributed by atoms with Gasteiger partial charge in [0, 0.05) is 19.1 Å². The highest BCUT2D eigenvalue weighted by Gasteiger charge is 2.43. The number of aliphatic hydroxyl groups excluding tert-OH is 2. The molecule has 3 rings (SSSR count). The molecule has 6 heteroatoms. The number of benzene rings is 2. The maximum absolute atomic E-state index is 13.1. The van der Waals surface area contributed by atoms with Gasteiger partial charge in [0.05, 0.1) is 18.7 Å². The smallest absolute Gasteiger partial charge is 0.410 e. The van der Waals surface area contributed by atoms with Crippen LogP contribution in [-0.4, -0.2) is 63.5 Å². The number of rotatable bonds is 5. The molecule has 1 amide bonds. The highest BCUT2D eigenvalue weighted by atomic mass is 16.6. The van der Waals surface area contributed by atoms with Crippen molar-refractivity contribution in [1.82, 2.24) is 9.80 Å². The van der Waals surface area contributed by atoms with Crippen molar-refractivity contribution in [2.45, 2.75) is 57.5 Å². The predicted octanol–water partition coefficient (Wildman–Crippen LogP) is 3.76. The molecule has 2 N–H and O–H groups in total. The van der Waals surface area contributed by atoms with Crippen LogP contribution in [0, 0.1) is 0 Å². The fourth-order valence-corrected chi connectivity index (χ4v) is 4.27. The van der Waals surface area contributed by atoms with E-state index in [-0.39, 0.29) is 18.7 Å². The summed E-state index contributed by atoms with van der Waals surface area (Å²) in [6, 6.07) is 18.3. The lowest BCUT2D eigenvalue weighted by Gasteiger charge is -2.49. The monoisotopic (exact) mass is 426 g/mol. The van der Waals surface area contributed by atoms with Gasteiger partial charge < -0.3 is 14.9 Å². The standard InChI is InChI=1S/C25H34N2O4/c1-18-15-26(22(17-28)19-11-7-5-8-12-19)16-21(23(29)20-13-9-6-10-14-20)27(18)24(30)31-25(2,3)4/h5-14,18,21-23,28-29H,15-17H2,1-4H3/t18-,21+,22+,23-/m1/s1. The van der Waals surface area contributed by atoms with Crippen LogP contribution in [0.15, 0.2) is 60.7 Å². The molecule has 0 aliphatic carbocycles. The van der Waals surface area contributed by atoms with Gasteiger partial charge in [-0.05, 0) is 38.8 Å². The Kier molecular flexibility index (Phi) is 7.36. The highest BCUT2D eigenvalue weighted by molar-refractivity contribution is 5.69. The first-order chi connectivity index (χ1) is 14.7. The molecule has 0 spiro atoms. The Hall–Kier alpha value is -2.41. The molecule has 4 atom stereocenters. The second-order valence-corrected chi connectivity index (χ2v) is 9.22. The van der Waals surface area contributed by atoms with Crippen molar-refractivity contribution in [2.75, 3.05) is 19.7 Å². The summed E-state index contributed by atoms with van der Waals surface area (Å²) >= 11 is 0. The van der Waals surface area contributed by atoms with E-state index < -0.39 is 23.8 Å².